The zero-order valence-electron chi connectivity index (χ0n) is 12.3. The van der Waals surface area contributed by atoms with Crippen molar-refractivity contribution in [2.24, 2.45) is 0 Å². The molecule has 118 valence electrons. The molecule has 1 heterocycles. The van der Waals surface area contributed by atoms with Gasteiger partial charge in [0.2, 0.25) is 11.8 Å². The minimum Gasteiger partial charge on any atom is -0.481 e. The summed E-state index contributed by atoms with van der Waals surface area (Å²) in [6.45, 7) is 1.58. The van der Waals surface area contributed by atoms with Crippen LogP contribution < -0.4 is 14.2 Å². The average Bonchev–Trinajstić information content (AvgIpc) is 2.49. The second-order valence-electron chi connectivity index (χ2n) is 4.43. The van der Waals surface area contributed by atoms with E-state index in [0.717, 1.165) is 6.07 Å². The topological polar surface area (TPSA) is 77.5 Å². The Morgan fingerprint density at radius 2 is 1.86 bits per heavy atom. The van der Waals surface area contributed by atoms with Crippen molar-refractivity contribution in [2.75, 3.05) is 18.9 Å². The van der Waals surface area contributed by atoms with Crippen LogP contribution in [0.2, 0.25) is 0 Å². The van der Waals surface area contributed by atoms with Gasteiger partial charge in [-0.05, 0) is 30.7 Å². The van der Waals surface area contributed by atoms with Crippen molar-refractivity contribution in [3.8, 4) is 11.8 Å². The number of ether oxygens (including phenoxy) is 2. The molecule has 0 aliphatic rings. The summed E-state index contributed by atoms with van der Waals surface area (Å²) in [4.78, 5) is 3.83. The summed E-state index contributed by atoms with van der Waals surface area (Å²) >= 11 is 0. The third-order valence-electron chi connectivity index (χ3n) is 2.92. The molecule has 22 heavy (non-hydrogen) atoms. The number of hydrogen-bond donors (Lipinski definition) is 1. The number of pyridine rings is 1. The molecule has 2 rings (SSSR count). The summed E-state index contributed by atoms with van der Waals surface area (Å²) in [5.41, 5.74) is 0.557. The van der Waals surface area contributed by atoms with Crippen LogP contribution in [0, 0.1) is 12.7 Å². The predicted octanol–water partition coefficient (Wildman–Crippen LogP) is 2.35. The van der Waals surface area contributed by atoms with Gasteiger partial charge in [0, 0.05) is 6.07 Å². The molecule has 0 saturated heterocycles. The van der Waals surface area contributed by atoms with Gasteiger partial charge in [0.25, 0.3) is 10.0 Å². The number of rotatable bonds is 5. The number of nitrogens with zero attached hydrogens (tertiary/aromatic N) is 1. The van der Waals surface area contributed by atoms with E-state index in [9.17, 15) is 12.8 Å². The summed E-state index contributed by atoms with van der Waals surface area (Å²) in [5.74, 6) is -0.301. The first-order valence-electron chi connectivity index (χ1n) is 6.25. The third-order valence-corrected chi connectivity index (χ3v) is 4.43. The Morgan fingerprint density at radius 3 is 2.50 bits per heavy atom. The molecule has 1 aromatic heterocycles. The first kappa shape index (κ1) is 16.0. The minimum absolute atomic E-state index is 0.0528. The predicted molar refractivity (Wildman–Crippen MR) is 79.3 cm³/mol. The van der Waals surface area contributed by atoms with Crippen LogP contribution in [-0.4, -0.2) is 27.6 Å². The molecule has 8 heteroatoms. The fourth-order valence-corrected chi connectivity index (χ4v) is 3.15. The van der Waals surface area contributed by atoms with Crippen molar-refractivity contribution in [1.82, 2.24) is 4.98 Å². The number of methoxy groups -OCH3 is 2. The first-order chi connectivity index (χ1) is 10.4. The van der Waals surface area contributed by atoms with E-state index in [1.807, 2.05) is 0 Å². The molecule has 0 atom stereocenters. The highest BCUT2D eigenvalue weighted by atomic mass is 32.2. The second-order valence-corrected chi connectivity index (χ2v) is 6.08. The van der Waals surface area contributed by atoms with Gasteiger partial charge in [0.1, 0.15) is 11.5 Å². The molecule has 0 aliphatic carbocycles. The lowest BCUT2D eigenvalue weighted by Crippen LogP contribution is -2.15. The minimum atomic E-state index is -3.97. The number of halogens is 1. The number of aromatic nitrogens is 1. The maximum Gasteiger partial charge on any atom is 0.262 e. The van der Waals surface area contributed by atoms with E-state index in [-0.39, 0.29) is 22.3 Å². The van der Waals surface area contributed by atoms with E-state index < -0.39 is 15.8 Å². The third kappa shape index (κ3) is 3.28. The molecule has 0 radical (unpaired) electrons. The zero-order valence-corrected chi connectivity index (χ0v) is 13.1. The van der Waals surface area contributed by atoms with E-state index in [4.69, 9.17) is 9.47 Å². The van der Waals surface area contributed by atoms with Gasteiger partial charge in [-0.2, -0.15) is 4.98 Å². The highest BCUT2D eigenvalue weighted by molar-refractivity contribution is 7.92. The molecule has 6 nitrogen and oxygen atoms in total. The summed E-state index contributed by atoms with van der Waals surface area (Å²) in [7, 11) is -1.18. The fourth-order valence-electron chi connectivity index (χ4n) is 1.83. The van der Waals surface area contributed by atoms with Crippen molar-refractivity contribution in [3.05, 3.63) is 41.7 Å². The van der Waals surface area contributed by atoms with Gasteiger partial charge in [-0.1, -0.05) is 6.07 Å². The van der Waals surface area contributed by atoms with Gasteiger partial charge in [-0.15, -0.1) is 0 Å². The molecule has 1 N–H and O–H groups in total. The van der Waals surface area contributed by atoms with E-state index in [2.05, 4.69) is 9.71 Å². The zero-order chi connectivity index (χ0) is 16.3. The van der Waals surface area contributed by atoms with Gasteiger partial charge >= 0.3 is 0 Å². The smallest absolute Gasteiger partial charge is 0.262 e. The van der Waals surface area contributed by atoms with Crippen LogP contribution in [0.15, 0.2) is 35.2 Å². The largest absolute Gasteiger partial charge is 0.481 e. The van der Waals surface area contributed by atoms with E-state index >= 15 is 0 Å². The Kier molecular flexibility index (Phi) is 4.51. The van der Waals surface area contributed by atoms with Crippen molar-refractivity contribution in [1.29, 1.82) is 0 Å². The molecule has 0 fully saturated rings. The van der Waals surface area contributed by atoms with Gasteiger partial charge in [0.05, 0.1) is 19.1 Å². The van der Waals surface area contributed by atoms with Crippen molar-refractivity contribution < 1.29 is 22.3 Å². The highest BCUT2D eigenvalue weighted by Gasteiger charge is 2.20. The van der Waals surface area contributed by atoms with Gasteiger partial charge in [-0.3, -0.25) is 4.72 Å². The molecule has 1 aromatic carbocycles. The van der Waals surface area contributed by atoms with Crippen LogP contribution >= 0.6 is 0 Å². The maximum atomic E-state index is 13.3. The fraction of sp³-hybridized carbons (Fsp3) is 0.214. The highest BCUT2D eigenvalue weighted by Crippen LogP contribution is 2.28. The van der Waals surface area contributed by atoms with Gasteiger partial charge < -0.3 is 9.47 Å². The molecular weight excluding hydrogens is 311 g/mol. The summed E-state index contributed by atoms with van der Waals surface area (Å²) in [5, 5.41) is 0. The van der Waals surface area contributed by atoms with E-state index in [1.54, 1.807) is 6.92 Å². The van der Waals surface area contributed by atoms with Crippen LogP contribution in [0.1, 0.15) is 5.56 Å². The van der Waals surface area contributed by atoms with Crippen LogP contribution in [-0.2, 0) is 10.0 Å². The van der Waals surface area contributed by atoms with Crippen LogP contribution in [0.4, 0.5) is 10.1 Å². The molecule has 0 spiro atoms. The molecular formula is C14H15FN2O4S. The van der Waals surface area contributed by atoms with Crippen molar-refractivity contribution in [3.63, 3.8) is 0 Å². The molecule has 0 unspecified atom stereocenters. The molecule has 0 saturated carbocycles. The van der Waals surface area contributed by atoms with Crippen LogP contribution in [0.3, 0.4) is 0 Å². The molecule has 0 amide bonds. The Labute approximate surface area is 128 Å². The summed E-state index contributed by atoms with van der Waals surface area (Å²) in [6, 6.07) is 6.49. The number of anilines is 1. The van der Waals surface area contributed by atoms with Crippen LogP contribution in [0.25, 0.3) is 0 Å². The van der Waals surface area contributed by atoms with Crippen molar-refractivity contribution >= 4 is 15.7 Å². The normalized spacial score (nSPS) is 11.1. The SMILES string of the molecule is COc1ccc(NS(=O)(=O)c2cc(F)ccc2C)c(OC)n1. The quantitative estimate of drug-likeness (QED) is 0.912. The lowest BCUT2D eigenvalue weighted by Gasteiger charge is -2.13. The Bertz CT molecular complexity index is 793. The maximum absolute atomic E-state index is 13.3. The number of sulfonamides is 1. The van der Waals surface area contributed by atoms with E-state index in [1.165, 1.54) is 38.5 Å². The lowest BCUT2D eigenvalue weighted by molar-refractivity contribution is 0.366. The standard InChI is InChI=1S/C14H15FN2O4S/c1-9-4-5-10(15)8-12(9)22(18,19)17-11-6-7-13(20-2)16-14(11)21-3/h4-8,17H,1-3H3. The molecule has 0 bridgehead atoms. The van der Waals surface area contributed by atoms with Crippen molar-refractivity contribution in [2.45, 2.75) is 11.8 Å². The number of nitrogens with one attached hydrogen (secondary N) is 1. The van der Waals surface area contributed by atoms with Crippen LogP contribution in [0.5, 0.6) is 11.8 Å². The number of aryl methyl sites for hydroxylation is 1. The van der Waals surface area contributed by atoms with Gasteiger partial charge in [0.15, 0.2) is 0 Å². The summed E-state index contributed by atoms with van der Waals surface area (Å²) < 4.78 is 50.4. The Balaban J connectivity index is 2.43. The van der Waals surface area contributed by atoms with Gasteiger partial charge in [-0.25, -0.2) is 12.8 Å². The molecule has 2 aromatic rings. The second kappa shape index (κ2) is 6.18. The Hall–Kier alpha value is -2.35. The average molecular weight is 326 g/mol. The number of benzene rings is 1. The number of hydrogen-bond acceptors (Lipinski definition) is 5. The summed E-state index contributed by atoms with van der Waals surface area (Å²) in [6.07, 6.45) is 0. The lowest BCUT2D eigenvalue weighted by atomic mass is 10.2. The monoisotopic (exact) mass is 326 g/mol. The Morgan fingerprint density at radius 1 is 1.14 bits per heavy atom. The molecule has 0 aliphatic heterocycles. The van der Waals surface area contributed by atoms with E-state index in [0.29, 0.717) is 5.56 Å². The first-order valence-corrected chi connectivity index (χ1v) is 7.73.